The Morgan fingerprint density at radius 1 is 1.24 bits per heavy atom. The molecule has 0 amide bonds. The van der Waals surface area contributed by atoms with Crippen LogP contribution in [0.5, 0.6) is 0 Å². The summed E-state index contributed by atoms with van der Waals surface area (Å²) in [6.07, 6.45) is 6.50. The maximum atomic E-state index is 11.2. The smallest absolute Gasteiger partial charge is 0.132 e. The van der Waals surface area contributed by atoms with Crippen molar-refractivity contribution in [3.05, 3.63) is 0 Å². The van der Waals surface area contributed by atoms with Crippen LogP contribution < -0.4 is 0 Å². The highest BCUT2D eigenvalue weighted by atomic mass is 16.1. The maximum Gasteiger partial charge on any atom is 0.132 e. The lowest BCUT2D eigenvalue weighted by molar-refractivity contribution is -0.118. The molecule has 0 atom stereocenters. The van der Waals surface area contributed by atoms with Gasteiger partial charge in [0.1, 0.15) is 5.78 Å². The maximum absolute atomic E-state index is 11.2. The van der Waals surface area contributed by atoms with Gasteiger partial charge in [0.25, 0.3) is 0 Å². The van der Waals surface area contributed by atoms with Crippen LogP contribution in [0, 0.1) is 11.8 Å². The molecule has 0 N–H and O–H groups in total. The first kappa shape index (κ1) is 14.7. The van der Waals surface area contributed by atoms with Crippen molar-refractivity contribution >= 4 is 5.78 Å². The molecule has 1 fully saturated rings. The summed E-state index contributed by atoms with van der Waals surface area (Å²) in [6.45, 7) is 10.4. The van der Waals surface area contributed by atoms with E-state index in [0.29, 0.717) is 12.2 Å². The molecule has 1 aliphatic heterocycles. The van der Waals surface area contributed by atoms with Gasteiger partial charge in [-0.1, -0.05) is 20.8 Å². The van der Waals surface area contributed by atoms with E-state index in [1.165, 1.54) is 38.9 Å². The molecule has 0 bridgehead atoms. The van der Waals surface area contributed by atoms with E-state index in [-0.39, 0.29) is 0 Å². The van der Waals surface area contributed by atoms with Crippen molar-refractivity contribution in [2.45, 2.75) is 59.3 Å². The summed E-state index contributed by atoms with van der Waals surface area (Å²) in [5.41, 5.74) is 0. The summed E-state index contributed by atoms with van der Waals surface area (Å²) in [7, 11) is 0. The fourth-order valence-corrected chi connectivity index (χ4v) is 2.68. The lowest BCUT2D eigenvalue weighted by Crippen LogP contribution is -2.35. The SMILES string of the molecule is CCC(=O)CCCCN1CCC(C(C)C)CC1. The van der Waals surface area contributed by atoms with Gasteiger partial charge in [-0.15, -0.1) is 0 Å². The third-order valence-electron chi connectivity index (χ3n) is 4.15. The third-order valence-corrected chi connectivity index (χ3v) is 4.15. The Balaban J connectivity index is 2.04. The minimum atomic E-state index is 0.420. The van der Waals surface area contributed by atoms with Crippen LogP contribution >= 0.6 is 0 Å². The van der Waals surface area contributed by atoms with Crippen molar-refractivity contribution in [2.24, 2.45) is 11.8 Å². The number of piperidine rings is 1. The minimum Gasteiger partial charge on any atom is -0.303 e. The fourth-order valence-electron chi connectivity index (χ4n) is 2.68. The molecule has 0 radical (unpaired) electrons. The number of hydrogen-bond acceptors (Lipinski definition) is 2. The lowest BCUT2D eigenvalue weighted by atomic mass is 9.87. The molecule has 1 aliphatic rings. The topological polar surface area (TPSA) is 20.3 Å². The first-order valence-electron chi connectivity index (χ1n) is 7.37. The first-order chi connectivity index (χ1) is 8.13. The molecule has 0 saturated carbocycles. The number of carbonyl (C=O) groups is 1. The molecule has 2 heteroatoms. The number of carbonyl (C=O) groups excluding carboxylic acids is 1. The molecule has 0 unspecified atom stereocenters. The molecule has 0 aromatic rings. The molecule has 0 aliphatic carbocycles. The van der Waals surface area contributed by atoms with Crippen LogP contribution in [0.25, 0.3) is 0 Å². The number of hydrogen-bond donors (Lipinski definition) is 0. The number of unbranched alkanes of at least 4 members (excludes halogenated alkanes) is 1. The summed E-state index contributed by atoms with van der Waals surface area (Å²) in [6, 6.07) is 0. The molecular formula is C15H29NO. The highest BCUT2D eigenvalue weighted by Gasteiger charge is 2.20. The highest BCUT2D eigenvalue weighted by molar-refractivity contribution is 5.77. The zero-order valence-electron chi connectivity index (χ0n) is 11.9. The Morgan fingerprint density at radius 3 is 2.41 bits per heavy atom. The monoisotopic (exact) mass is 239 g/mol. The largest absolute Gasteiger partial charge is 0.303 e. The van der Waals surface area contributed by atoms with E-state index in [9.17, 15) is 4.79 Å². The molecule has 0 aromatic carbocycles. The quantitative estimate of drug-likeness (QED) is 0.634. The van der Waals surface area contributed by atoms with E-state index in [0.717, 1.165) is 24.7 Å². The fraction of sp³-hybridized carbons (Fsp3) is 0.933. The van der Waals surface area contributed by atoms with Crippen LogP contribution in [0.15, 0.2) is 0 Å². The second kappa shape index (κ2) is 7.86. The first-order valence-corrected chi connectivity index (χ1v) is 7.37. The van der Waals surface area contributed by atoms with Gasteiger partial charge in [-0.25, -0.2) is 0 Å². The molecule has 1 heterocycles. The van der Waals surface area contributed by atoms with Crippen molar-refractivity contribution in [1.29, 1.82) is 0 Å². The van der Waals surface area contributed by atoms with Crippen molar-refractivity contribution in [2.75, 3.05) is 19.6 Å². The van der Waals surface area contributed by atoms with Crippen molar-refractivity contribution in [3.8, 4) is 0 Å². The molecular weight excluding hydrogens is 210 g/mol. The van der Waals surface area contributed by atoms with Gasteiger partial charge < -0.3 is 4.90 Å². The molecule has 1 rings (SSSR count). The van der Waals surface area contributed by atoms with E-state index in [1.807, 2.05) is 6.92 Å². The molecule has 17 heavy (non-hydrogen) atoms. The minimum absolute atomic E-state index is 0.420. The van der Waals surface area contributed by atoms with Crippen LogP contribution in [-0.2, 0) is 4.79 Å². The van der Waals surface area contributed by atoms with E-state index in [4.69, 9.17) is 0 Å². The molecule has 0 spiro atoms. The zero-order valence-corrected chi connectivity index (χ0v) is 11.9. The van der Waals surface area contributed by atoms with E-state index >= 15 is 0 Å². The van der Waals surface area contributed by atoms with Gasteiger partial charge in [0.05, 0.1) is 0 Å². The Bertz CT molecular complexity index is 217. The number of nitrogens with zero attached hydrogens (tertiary/aromatic N) is 1. The molecule has 2 nitrogen and oxygen atoms in total. The Hall–Kier alpha value is -0.370. The standard InChI is InChI=1S/C15H29NO/c1-4-15(17)7-5-6-10-16-11-8-14(9-12-16)13(2)3/h13-14H,4-12H2,1-3H3. The van der Waals surface area contributed by atoms with Gasteiger partial charge in [0, 0.05) is 12.8 Å². The third kappa shape index (κ3) is 5.67. The van der Waals surface area contributed by atoms with Crippen LogP contribution in [0.4, 0.5) is 0 Å². The summed E-state index contributed by atoms with van der Waals surface area (Å²) in [5, 5.41) is 0. The lowest BCUT2D eigenvalue weighted by Gasteiger charge is -2.33. The van der Waals surface area contributed by atoms with E-state index in [1.54, 1.807) is 0 Å². The van der Waals surface area contributed by atoms with Gasteiger partial charge in [0.2, 0.25) is 0 Å². The van der Waals surface area contributed by atoms with Gasteiger partial charge in [-0.3, -0.25) is 4.79 Å². The Morgan fingerprint density at radius 2 is 1.88 bits per heavy atom. The second-order valence-electron chi connectivity index (χ2n) is 5.77. The summed E-state index contributed by atoms with van der Waals surface area (Å²) >= 11 is 0. The van der Waals surface area contributed by atoms with Gasteiger partial charge in [0.15, 0.2) is 0 Å². The van der Waals surface area contributed by atoms with Crippen molar-refractivity contribution in [3.63, 3.8) is 0 Å². The average Bonchev–Trinajstić information content (AvgIpc) is 2.34. The average molecular weight is 239 g/mol. The number of Topliss-reactive ketones (excluding diaryl/α,β-unsaturated/α-hetero) is 1. The normalized spacial score (nSPS) is 18.8. The summed E-state index contributed by atoms with van der Waals surface area (Å²) < 4.78 is 0. The van der Waals surface area contributed by atoms with Crippen LogP contribution in [-0.4, -0.2) is 30.3 Å². The predicted octanol–water partition coefficient (Wildman–Crippen LogP) is 3.50. The number of ketones is 1. The highest BCUT2D eigenvalue weighted by Crippen LogP contribution is 2.24. The molecule has 1 saturated heterocycles. The Kier molecular flexibility index (Phi) is 6.79. The van der Waals surface area contributed by atoms with Crippen molar-refractivity contribution < 1.29 is 4.79 Å². The molecule has 0 aromatic heterocycles. The van der Waals surface area contributed by atoms with Crippen LogP contribution in [0.1, 0.15) is 59.3 Å². The van der Waals surface area contributed by atoms with Gasteiger partial charge in [-0.05, 0) is 57.2 Å². The number of likely N-dealkylation sites (tertiary alicyclic amines) is 1. The zero-order chi connectivity index (χ0) is 12.7. The van der Waals surface area contributed by atoms with E-state index in [2.05, 4.69) is 18.7 Å². The summed E-state index contributed by atoms with van der Waals surface area (Å²) in [5.74, 6) is 2.20. The van der Waals surface area contributed by atoms with Crippen LogP contribution in [0.2, 0.25) is 0 Å². The summed E-state index contributed by atoms with van der Waals surface area (Å²) in [4.78, 5) is 13.7. The van der Waals surface area contributed by atoms with Gasteiger partial charge >= 0.3 is 0 Å². The second-order valence-corrected chi connectivity index (χ2v) is 5.77. The van der Waals surface area contributed by atoms with Gasteiger partial charge in [-0.2, -0.15) is 0 Å². The van der Waals surface area contributed by atoms with Crippen molar-refractivity contribution in [1.82, 2.24) is 4.90 Å². The Labute approximate surface area is 107 Å². The van der Waals surface area contributed by atoms with Crippen LogP contribution in [0.3, 0.4) is 0 Å². The molecule has 100 valence electrons. The number of rotatable bonds is 7. The predicted molar refractivity (Wildman–Crippen MR) is 73.2 cm³/mol. The van der Waals surface area contributed by atoms with E-state index < -0.39 is 0 Å².